The maximum atomic E-state index is 5.67. The highest BCUT2D eigenvalue weighted by Crippen LogP contribution is 2.12. The van der Waals surface area contributed by atoms with E-state index in [1.165, 1.54) is 11.1 Å². The number of rotatable bonds is 6. The summed E-state index contributed by atoms with van der Waals surface area (Å²) in [5.74, 6) is 0. The number of nitrogens with zero attached hydrogens (tertiary/aromatic N) is 1. The number of nitrogens with two attached hydrogens (primary N) is 1. The fraction of sp³-hybridized carbons (Fsp3) is 0.286. The van der Waals surface area contributed by atoms with Crippen LogP contribution >= 0.6 is 11.3 Å². The van der Waals surface area contributed by atoms with Gasteiger partial charge in [0.1, 0.15) is 0 Å². The van der Waals surface area contributed by atoms with Crippen molar-refractivity contribution in [3.63, 3.8) is 0 Å². The molecule has 3 heteroatoms. The average molecular weight is 246 g/mol. The van der Waals surface area contributed by atoms with Gasteiger partial charge in [-0.2, -0.15) is 11.3 Å². The van der Waals surface area contributed by atoms with Crippen molar-refractivity contribution in [2.45, 2.75) is 13.1 Å². The summed E-state index contributed by atoms with van der Waals surface area (Å²) in [6.07, 6.45) is 0. The molecule has 0 atom stereocenters. The fourth-order valence-corrected chi connectivity index (χ4v) is 2.54. The average Bonchev–Trinajstić information content (AvgIpc) is 2.83. The predicted molar refractivity (Wildman–Crippen MR) is 73.9 cm³/mol. The summed E-state index contributed by atoms with van der Waals surface area (Å²) in [6, 6.07) is 12.7. The molecule has 1 aromatic heterocycles. The first-order valence-electron chi connectivity index (χ1n) is 5.86. The lowest BCUT2D eigenvalue weighted by Crippen LogP contribution is -2.28. The van der Waals surface area contributed by atoms with Crippen LogP contribution in [0.3, 0.4) is 0 Å². The predicted octanol–water partition coefficient (Wildman–Crippen LogP) is 2.71. The molecule has 2 rings (SSSR count). The number of hydrogen-bond donors (Lipinski definition) is 1. The molecule has 0 fully saturated rings. The first kappa shape index (κ1) is 12.3. The van der Waals surface area contributed by atoms with Gasteiger partial charge in [0.05, 0.1) is 0 Å². The van der Waals surface area contributed by atoms with Crippen LogP contribution in [-0.4, -0.2) is 18.0 Å². The zero-order valence-corrected chi connectivity index (χ0v) is 10.7. The van der Waals surface area contributed by atoms with E-state index in [4.69, 9.17) is 5.73 Å². The van der Waals surface area contributed by atoms with Crippen molar-refractivity contribution >= 4 is 11.3 Å². The number of benzene rings is 1. The summed E-state index contributed by atoms with van der Waals surface area (Å²) in [7, 11) is 0. The Kier molecular flexibility index (Phi) is 4.74. The Morgan fingerprint density at radius 1 is 1.00 bits per heavy atom. The van der Waals surface area contributed by atoms with E-state index >= 15 is 0 Å². The highest BCUT2D eigenvalue weighted by atomic mass is 32.1. The van der Waals surface area contributed by atoms with Crippen molar-refractivity contribution in [2.24, 2.45) is 5.73 Å². The maximum absolute atomic E-state index is 5.67. The monoisotopic (exact) mass is 246 g/mol. The third kappa shape index (κ3) is 3.97. The minimum Gasteiger partial charge on any atom is -0.329 e. The fourth-order valence-electron chi connectivity index (χ4n) is 1.88. The van der Waals surface area contributed by atoms with Crippen molar-refractivity contribution in [2.75, 3.05) is 13.1 Å². The summed E-state index contributed by atoms with van der Waals surface area (Å²) in [5, 5.41) is 4.33. The smallest absolute Gasteiger partial charge is 0.0246 e. The van der Waals surface area contributed by atoms with Gasteiger partial charge in [-0.05, 0) is 28.0 Å². The first-order chi connectivity index (χ1) is 8.38. The van der Waals surface area contributed by atoms with E-state index in [2.05, 4.69) is 52.1 Å². The van der Waals surface area contributed by atoms with Gasteiger partial charge < -0.3 is 5.73 Å². The Balaban J connectivity index is 1.97. The summed E-state index contributed by atoms with van der Waals surface area (Å²) >= 11 is 1.75. The molecule has 0 unspecified atom stereocenters. The van der Waals surface area contributed by atoms with Crippen LogP contribution in [0.25, 0.3) is 0 Å². The summed E-state index contributed by atoms with van der Waals surface area (Å²) in [5.41, 5.74) is 8.39. The molecular weight excluding hydrogens is 228 g/mol. The van der Waals surface area contributed by atoms with Gasteiger partial charge in [-0.25, -0.2) is 0 Å². The van der Waals surface area contributed by atoms with E-state index in [1.54, 1.807) is 11.3 Å². The van der Waals surface area contributed by atoms with E-state index in [0.717, 1.165) is 19.6 Å². The lowest BCUT2D eigenvalue weighted by molar-refractivity contribution is 0.265. The molecular formula is C14H18N2S. The van der Waals surface area contributed by atoms with Gasteiger partial charge in [0.2, 0.25) is 0 Å². The van der Waals surface area contributed by atoms with Crippen LogP contribution < -0.4 is 5.73 Å². The molecule has 17 heavy (non-hydrogen) atoms. The summed E-state index contributed by atoms with van der Waals surface area (Å²) in [4.78, 5) is 2.39. The standard InChI is InChI=1S/C14H18N2S/c15-7-8-16(11-14-6-9-17-12-14)10-13-4-2-1-3-5-13/h1-6,9,12H,7-8,10-11,15H2. The van der Waals surface area contributed by atoms with E-state index < -0.39 is 0 Å². The van der Waals surface area contributed by atoms with Crippen LogP contribution in [0.15, 0.2) is 47.2 Å². The quantitative estimate of drug-likeness (QED) is 0.849. The van der Waals surface area contributed by atoms with E-state index in [0.29, 0.717) is 6.54 Å². The largest absolute Gasteiger partial charge is 0.329 e. The highest BCUT2D eigenvalue weighted by Gasteiger charge is 2.06. The molecule has 0 aliphatic rings. The van der Waals surface area contributed by atoms with Crippen LogP contribution in [0, 0.1) is 0 Å². The van der Waals surface area contributed by atoms with Gasteiger partial charge in [0.25, 0.3) is 0 Å². The number of hydrogen-bond acceptors (Lipinski definition) is 3. The third-order valence-corrected chi connectivity index (χ3v) is 3.41. The topological polar surface area (TPSA) is 29.3 Å². The molecule has 0 saturated carbocycles. The molecule has 0 saturated heterocycles. The van der Waals surface area contributed by atoms with Gasteiger partial charge in [-0.15, -0.1) is 0 Å². The summed E-state index contributed by atoms with van der Waals surface area (Å²) in [6.45, 7) is 3.59. The van der Waals surface area contributed by atoms with Gasteiger partial charge in [0, 0.05) is 26.2 Å². The molecule has 0 spiro atoms. The molecule has 1 heterocycles. The Morgan fingerprint density at radius 3 is 2.41 bits per heavy atom. The third-order valence-electron chi connectivity index (χ3n) is 2.68. The van der Waals surface area contributed by atoms with E-state index in [1.807, 2.05) is 0 Å². The molecule has 2 aromatic rings. The van der Waals surface area contributed by atoms with Crippen molar-refractivity contribution in [3.05, 3.63) is 58.3 Å². The number of thiophene rings is 1. The van der Waals surface area contributed by atoms with Gasteiger partial charge >= 0.3 is 0 Å². The lowest BCUT2D eigenvalue weighted by atomic mass is 10.2. The van der Waals surface area contributed by atoms with Crippen molar-refractivity contribution in [3.8, 4) is 0 Å². The molecule has 0 amide bonds. The van der Waals surface area contributed by atoms with Crippen LogP contribution in [0.4, 0.5) is 0 Å². The van der Waals surface area contributed by atoms with Gasteiger partial charge in [0.15, 0.2) is 0 Å². The highest BCUT2D eigenvalue weighted by molar-refractivity contribution is 7.07. The molecule has 2 nitrogen and oxygen atoms in total. The van der Waals surface area contributed by atoms with Crippen LogP contribution in [0.5, 0.6) is 0 Å². The van der Waals surface area contributed by atoms with E-state index in [9.17, 15) is 0 Å². The SMILES string of the molecule is NCCN(Cc1ccccc1)Cc1ccsc1. The van der Waals surface area contributed by atoms with Gasteiger partial charge in [-0.3, -0.25) is 4.90 Å². The molecule has 90 valence electrons. The Morgan fingerprint density at radius 2 is 1.76 bits per heavy atom. The molecule has 0 aliphatic heterocycles. The van der Waals surface area contributed by atoms with Crippen LogP contribution in [0.1, 0.15) is 11.1 Å². The normalized spacial score (nSPS) is 10.9. The molecule has 0 radical (unpaired) electrons. The second kappa shape index (κ2) is 6.55. The molecule has 0 bridgehead atoms. The maximum Gasteiger partial charge on any atom is 0.0246 e. The molecule has 2 N–H and O–H groups in total. The minimum atomic E-state index is 0.705. The van der Waals surface area contributed by atoms with Crippen LogP contribution in [0.2, 0.25) is 0 Å². The van der Waals surface area contributed by atoms with Crippen molar-refractivity contribution < 1.29 is 0 Å². The van der Waals surface area contributed by atoms with Gasteiger partial charge in [-0.1, -0.05) is 30.3 Å². The zero-order valence-electron chi connectivity index (χ0n) is 9.88. The van der Waals surface area contributed by atoms with Crippen molar-refractivity contribution in [1.29, 1.82) is 0 Å². The lowest BCUT2D eigenvalue weighted by Gasteiger charge is -2.21. The Bertz CT molecular complexity index is 411. The minimum absolute atomic E-state index is 0.705. The van der Waals surface area contributed by atoms with E-state index in [-0.39, 0.29) is 0 Å². The first-order valence-corrected chi connectivity index (χ1v) is 6.80. The zero-order chi connectivity index (χ0) is 11.9. The second-order valence-corrected chi connectivity index (χ2v) is 4.90. The molecule has 1 aromatic carbocycles. The Hall–Kier alpha value is -1.16. The second-order valence-electron chi connectivity index (χ2n) is 4.12. The molecule has 0 aliphatic carbocycles. The van der Waals surface area contributed by atoms with Crippen molar-refractivity contribution in [1.82, 2.24) is 4.90 Å². The Labute approximate surface area is 107 Å². The van der Waals surface area contributed by atoms with Crippen LogP contribution in [-0.2, 0) is 13.1 Å². The summed E-state index contributed by atoms with van der Waals surface area (Å²) < 4.78 is 0.